The summed E-state index contributed by atoms with van der Waals surface area (Å²) in [6, 6.07) is 0. The summed E-state index contributed by atoms with van der Waals surface area (Å²) in [6.45, 7) is 6.08. The zero-order chi connectivity index (χ0) is 11.2. The maximum atomic E-state index is 4.93. The molecule has 0 unspecified atom stereocenters. The summed E-state index contributed by atoms with van der Waals surface area (Å²) in [5.74, 6) is 0. The van der Waals surface area contributed by atoms with Crippen molar-refractivity contribution in [2.24, 2.45) is 0 Å². The molecule has 0 amide bonds. The van der Waals surface area contributed by atoms with Gasteiger partial charge in [-0.25, -0.2) is 11.0 Å². The molecule has 0 aliphatic heterocycles. The van der Waals surface area contributed by atoms with Crippen molar-refractivity contribution in [1.29, 1.82) is 0 Å². The van der Waals surface area contributed by atoms with Crippen molar-refractivity contribution in [3.8, 4) is 0 Å². The van der Waals surface area contributed by atoms with Crippen LogP contribution in [0.15, 0.2) is 0 Å². The average Bonchev–Trinajstić information content (AvgIpc) is 2.26. The standard InChI is InChI=1S/C10H24BN2O2/c1-3-5-7-9-12-14-11-15-13-10-8-6-4-2/h12-13H,3-10H2,1-2H3. The second kappa shape index (κ2) is 13.9. The quantitative estimate of drug-likeness (QED) is 0.296. The maximum absolute atomic E-state index is 4.93. The van der Waals surface area contributed by atoms with E-state index in [0.717, 1.165) is 25.9 Å². The van der Waals surface area contributed by atoms with Gasteiger partial charge in [0.15, 0.2) is 0 Å². The van der Waals surface area contributed by atoms with Crippen molar-refractivity contribution in [2.75, 3.05) is 13.1 Å². The SMILES string of the molecule is CCCCCNO[B]ONCCCCC. The Morgan fingerprint density at radius 1 is 0.800 bits per heavy atom. The molecule has 0 aliphatic carbocycles. The van der Waals surface area contributed by atoms with E-state index in [1.165, 1.54) is 33.4 Å². The summed E-state index contributed by atoms with van der Waals surface area (Å²) in [5, 5.41) is 0. The van der Waals surface area contributed by atoms with Gasteiger partial charge in [0.2, 0.25) is 0 Å². The monoisotopic (exact) mass is 215 g/mol. The van der Waals surface area contributed by atoms with E-state index in [4.69, 9.17) is 9.51 Å². The van der Waals surface area contributed by atoms with Crippen molar-refractivity contribution in [2.45, 2.75) is 52.4 Å². The first-order valence-electron chi connectivity index (χ1n) is 6.00. The third-order valence-electron chi connectivity index (χ3n) is 2.03. The zero-order valence-electron chi connectivity index (χ0n) is 10.1. The number of rotatable bonds is 12. The van der Waals surface area contributed by atoms with Gasteiger partial charge < -0.3 is 9.51 Å². The summed E-state index contributed by atoms with van der Waals surface area (Å²) in [5.41, 5.74) is 5.60. The Labute approximate surface area is 94.3 Å². The van der Waals surface area contributed by atoms with Crippen LogP contribution in [0.2, 0.25) is 0 Å². The van der Waals surface area contributed by atoms with Gasteiger partial charge in [0, 0.05) is 13.1 Å². The van der Waals surface area contributed by atoms with E-state index in [-0.39, 0.29) is 0 Å². The Balaban J connectivity index is 2.81. The highest BCUT2D eigenvalue weighted by atomic mass is 16.7. The van der Waals surface area contributed by atoms with E-state index in [2.05, 4.69) is 24.8 Å². The average molecular weight is 215 g/mol. The highest BCUT2D eigenvalue weighted by Crippen LogP contribution is 1.91. The molecule has 1 radical (unpaired) electrons. The van der Waals surface area contributed by atoms with Crippen LogP contribution < -0.4 is 11.0 Å². The molecule has 5 heteroatoms. The van der Waals surface area contributed by atoms with Crippen LogP contribution in [0.5, 0.6) is 0 Å². The lowest BCUT2D eigenvalue weighted by Crippen LogP contribution is -2.26. The third-order valence-corrected chi connectivity index (χ3v) is 2.03. The van der Waals surface area contributed by atoms with Crippen LogP contribution in [0.3, 0.4) is 0 Å². The summed E-state index contributed by atoms with van der Waals surface area (Å²) in [4.78, 5) is 0. The highest BCUT2D eigenvalue weighted by molar-refractivity contribution is 6.17. The first-order valence-corrected chi connectivity index (χ1v) is 6.00. The molecular weight excluding hydrogens is 191 g/mol. The van der Waals surface area contributed by atoms with E-state index < -0.39 is 0 Å². The van der Waals surface area contributed by atoms with Gasteiger partial charge in [-0.2, -0.15) is 0 Å². The Bertz CT molecular complexity index is 106. The fourth-order valence-electron chi connectivity index (χ4n) is 1.10. The van der Waals surface area contributed by atoms with Gasteiger partial charge in [0.25, 0.3) is 0 Å². The second-order valence-corrected chi connectivity index (χ2v) is 3.53. The summed E-state index contributed by atoms with van der Waals surface area (Å²) in [7, 11) is 1.29. The minimum absolute atomic E-state index is 0.865. The topological polar surface area (TPSA) is 42.5 Å². The number of nitrogens with one attached hydrogen (secondary N) is 2. The maximum Gasteiger partial charge on any atom is 0.525 e. The van der Waals surface area contributed by atoms with E-state index in [9.17, 15) is 0 Å². The highest BCUT2D eigenvalue weighted by Gasteiger charge is 1.94. The largest absolute Gasteiger partial charge is 0.525 e. The molecule has 0 aromatic heterocycles. The molecule has 0 spiro atoms. The van der Waals surface area contributed by atoms with Crippen LogP contribution in [0.4, 0.5) is 0 Å². The number of unbranched alkanes of at least 4 members (excludes halogenated alkanes) is 4. The van der Waals surface area contributed by atoms with Crippen LogP contribution >= 0.6 is 0 Å². The fraction of sp³-hybridized carbons (Fsp3) is 1.00. The van der Waals surface area contributed by atoms with Gasteiger partial charge in [-0.1, -0.05) is 39.5 Å². The molecule has 0 heterocycles. The molecule has 0 aromatic rings. The predicted octanol–water partition coefficient (Wildman–Crippen LogP) is 1.94. The van der Waals surface area contributed by atoms with E-state index in [1.54, 1.807) is 0 Å². The van der Waals surface area contributed by atoms with Gasteiger partial charge in [-0.15, -0.1) is 0 Å². The Kier molecular flexibility index (Phi) is 13.8. The molecule has 0 aromatic carbocycles. The molecule has 15 heavy (non-hydrogen) atoms. The molecule has 0 saturated heterocycles. The number of hydrogen-bond donors (Lipinski definition) is 2. The molecule has 0 rings (SSSR count). The molecule has 0 bridgehead atoms. The minimum Gasteiger partial charge on any atom is -0.327 e. The number of hydroxylamine groups is 2. The van der Waals surface area contributed by atoms with Crippen LogP contribution in [-0.4, -0.2) is 20.8 Å². The van der Waals surface area contributed by atoms with E-state index in [1.807, 2.05) is 0 Å². The van der Waals surface area contributed by atoms with Gasteiger partial charge in [0.05, 0.1) is 0 Å². The Morgan fingerprint density at radius 2 is 1.27 bits per heavy atom. The summed E-state index contributed by atoms with van der Waals surface area (Å²) >= 11 is 0. The van der Waals surface area contributed by atoms with Gasteiger partial charge >= 0.3 is 7.69 Å². The zero-order valence-corrected chi connectivity index (χ0v) is 10.1. The molecule has 0 aliphatic rings. The smallest absolute Gasteiger partial charge is 0.327 e. The van der Waals surface area contributed by atoms with Crippen molar-refractivity contribution >= 4 is 7.69 Å². The lowest BCUT2D eigenvalue weighted by atomic mass is 10.2. The molecular formula is C10H24BN2O2. The van der Waals surface area contributed by atoms with Crippen LogP contribution in [0, 0.1) is 0 Å². The van der Waals surface area contributed by atoms with Crippen LogP contribution in [0.1, 0.15) is 52.4 Å². The molecule has 0 atom stereocenters. The van der Waals surface area contributed by atoms with E-state index >= 15 is 0 Å². The van der Waals surface area contributed by atoms with Gasteiger partial charge in [-0.3, -0.25) is 0 Å². The van der Waals surface area contributed by atoms with Crippen molar-refractivity contribution in [3.05, 3.63) is 0 Å². The predicted molar refractivity (Wildman–Crippen MR) is 63.0 cm³/mol. The van der Waals surface area contributed by atoms with Crippen molar-refractivity contribution in [1.82, 2.24) is 11.0 Å². The van der Waals surface area contributed by atoms with Gasteiger partial charge in [-0.05, 0) is 12.8 Å². The fourth-order valence-corrected chi connectivity index (χ4v) is 1.10. The van der Waals surface area contributed by atoms with E-state index in [0.29, 0.717) is 0 Å². The Hall–Kier alpha value is -0.0951. The Morgan fingerprint density at radius 3 is 1.67 bits per heavy atom. The lowest BCUT2D eigenvalue weighted by molar-refractivity contribution is 0.105. The normalized spacial score (nSPS) is 10.5. The molecule has 89 valence electrons. The van der Waals surface area contributed by atoms with Crippen LogP contribution in [-0.2, 0) is 9.51 Å². The minimum atomic E-state index is 0.865. The third kappa shape index (κ3) is 13.9. The summed E-state index contributed by atoms with van der Waals surface area (Å²) in [6.07, 6.45) is 7.17. The first-order chi connectivity index (χ1) is 7.41. The number of hydrogen-bond acceptors (Lipinski definition) is 4. The molecule has 0 fully saturated rings. The molecule has 2 N–H and O–H groups in total. The van der Waals surface area contributed by atoms with Crippen molar-refractivity contribution < 1.29 is 9.51 Å². The first kappa shape index (κ1) is 14.9. The van der Waals surface area contributed by atoms with Crippen molar-refractivity contribution in [3.63, 3.8) is 0 Å². The van der Waals surface area contributed by atoms with Crippen LogP contribution in [0.25, 0.3) is 0 Å². The molecule has 4 nitrogen and oxygen atoms in total. The summed E-state index contributed by atoms with van der Waals surface area (Å²) < 4.78 is 9.85. The van der Waals surface area contributed by atoms with Gasteiger partial charge in [0.1, 0.15) is 0 Å². The second-order valence-electron chi connectivity index (χ2n) is 3.53. The lowest BCUT2D eigenvalue weighted by Gasteiger charge is -2.05. The molecule has 0 saturated carbocycles.